The lowest BCUT2D eigenvalue weighted by atomic mass is 9.99. The Balaban J connectivity index is 2.94. The van der Waals surface area contributed by atoms with Gasteiger partial charge in [0.2, 0.25) is 0 Å². The molecule has 6 heteroatoms. The fourth-order valence-corrected chi connectivity index (χ4v) is 1.19. The zero-order valence-electron chi connectivity index (χ0n) is 7.98. The van der Waals surface area contributed by atoms with Crippen LogP contribution in [0.25, 0.3) is 0 Å². The minimum atomic E-state index is -1.74. The molecule has 0 aromatic heterocycles. The van der Waals surface area contributed by atoms with Crippen LogP contribution in [0, 0.1) is 17.6 Å². The Bertz CT molecular complexity index is 417. The highest BCUT2D eigenvalue weighted by molar-refractivity contribution is 5.93. The predicted molar refractivity (Wildman–Crippen MR) is 48.8 cm³/mol. The molecular formula is C10H8F2O4. The van der Waals surface area contributed by atoms with Crippen LogP contribution in [0.4, 0.5) is 8.78 Å². The Kier molecular flexibility index (Phi) is 3.55. The fourth-order valence-electron chi connectivity index (χ4n) is 1.19. The summed E-state index contributed by atoms with van der Waals surface area (Å²) in [6, 6.07) is 2.55. The number of halogens is 2. The van der Waals surface area contributed by atoms with E-state index in [0.717, 1.165) is 12.1 Å². The van der Waals surface area contributed by atoms with Crippen molar-refractivity contribution in [3.05, 3.63) is 35.4 Å². The lowest BCUT2D eigenvalue weighted by Crippen LogP contribution is -2.25. The number of hydrogen-bond acceptors (Lipinski definition) is 2. The van der Waals surface area contributed by atoms with Gasteiger partial charge in [0.05, 0.1) is 0 Å². The molecule has 0 aliphatic carbocycles. The van der Waals surface area contributed by atoms with Crippen molar-refractivity contribution in [2.45, 2.75) is 6.42 Å². The molecule has 0 radical (unpaired) electrons. The molecule has 0 amide bonds. The molecule has 0 spiro atoms. The molecule has 16 heavy (non-hydrogen) atoms. The number of carboxylic acid groups (broad SMARTS) is 2. The number of carbonyl (C=O) groups is 2. The van der Waals surface area contributed by atoms with E-state index in [1.165, 1.54) is 0 Å². The fraction of sp³-hybridized carbons (Fsp3) is 0.200. The van der Waals surface area contributed by atoms with E-state index in [2.05, 4.69) is 0 Å². The standard InChI is InChI=1S/C10H8F2O4/c11-6-2-1-5(8(12)4-6)3-7(9(13)14)10(15)16/h1-2,4,7H,3H2,(H,13,14)(H,15,16). The highest BCUT2D eigenvalue weighted by atomic mass is 19.1. The normalized spacial score (nSPS) is 10.4. The summed E-state index contributed by atoms with van der Waals surface area (Å²) in [4.78, 5) is 21.1. The largest absolute Gasteiger partial charge is 0.481 e. The second-order valence-corrected chi connectivity index (χ2v) is 3.17. The molecule has 0 aliphatic heterocycles. The summed E-state index contributed by atoms with van der Waals surface area (Å²) in [5, 5.41) is 17.1. The maximum absolute atomic E-state index is 13.1. The van der Waals surface area contributed by atoms with E-state index < -0.39 is 35.9 Å². The molecule has 1 aromatic rings. The molecule has 0 saturated heterocycles. The summed E-state index contributed by atoms with van der Waals surface area (Å²) in [5.41, 5.74) is -0.142. The topological polar surface area (TPSA) is 74.6 Å². The molecule has 2 N–H and O–H groups in total. The Morgan fingerprint density at radius 3 is 2.19 bits per heavy atom. The van der Waals surface area contributed by atoms with Crippen LogP contribution < -0.4 is 0 Å². The number of hydrogen-bond donors (Lipinski definition) is 2. The maximum Gasteiger partial charge on any atom is 0.318 e. The van der Waals surface area contributed by atoms with Crippen molar-refractivity contribution >= 4 is 11.9 Å². The van der Waals surface area contributed by atoms with Gasteiger partial charge >= 0.3 is 11.9 Å². The molecule has 0 bridgehead atoms. The van der Waals surface area contributed by atoms with Crippen LogP contribution in [0.1, 0.15) is 5.56 Å². The van der Waals surface area contributed by atoms with E-state index >= 15 is 0 Å². The van der Waals surface area contributed by atoms with Gasteiger partial charge in [-0.1, -0.05) is 6.07 Å². The monoisotopic (exact) mass is 230 g/mol. The average molecular weight is 230 g/mol. The summed E-state index contributed by atoms with van der Waals surface area (Å²) in [6.07, 6.45) is -0.517. The average Bonchev–Trinajstić information content (AvgIpc) is 2.15. The van der Waals surface area contributed by atoms with E-state index in [1.54, 1.807) is 0 Å². The smallest absolute Gasteiger partial charge is 0.318 e. The van der Waals surface area contributed by atoms with Crippen LogP contribution in [-0.4, -0.2) is 22.2 Å². The van der Waals surface area contributed by atoms with Gasteiger partial charge < -0.3 is 10.2 Å². The zero-order valence-corrected chi connectivity index (χ0v) is 7.98. The molecule has 1 rings (SSSR count). The van der Waals surface area contributed by atoms with Crippen molar-refractivity contribution in [2.24, 2.45) is 5.92 Å². The molecule has 4 nitrogen and oxygen atoms in total. The third kappa shape index (κ3) is 2.75. The summed E-state index contributed by atoms with van der Waals surface area (Å²) in [5.74, 6) is -6.61. The van der Waals surface area contributed by atoms with Crippen molar-refractivity contribution in [3.8, 4) is 0 Å². The van der Waals surface area contributed by atoms with E-state index in [0.29, 0.717) is 6.07 Å². The van der Waals surface area contributed by atoms with Crippen LogP contribution in [0.2, 0.25) is 0 Å². The zero-order chi connectivity index (χ0) is 12.3. The number of aliphatic carboxylic acids is 2. The van der Waals surface area contributed by atoms with E-state index in [-0.39, 0.29) is 5.56 Å². The Morgan fingerprint density at radius 1 is 1.19 bits per heavy atom. The lowest BCUT2D eigenvalue weighted by molar-refractivity contribution is -0.154. The molecule has 86 valence electrons. The predicted octanol–water partition coefficient (Wildman–Crippen LogP) is 1.29. The van der Waals surface area contributed by atoms with E-state index in [4.69, 9.17) is 10.2 Å². The molecule has 0 atom stereocenters. The second kappa shape index (κ2) is 4.69. The van der Waals surface area contributed by atoms with Gasteiger partial charge in [-0.25, -0.2) is 8.78 Å². The first-order valence-electron chi connectivity index (χ1n) is 4.31. The van der Waals surface area contributed by atoms with Crippen molar-refractivity contribution in [1.82, 2.24) is 0 Å². The molecule has 0 saturated carbocycles. The third-order valence-corrected chi connectivity index (χ3v) is 2.04. The van der Waals surface area contributed by atoms with Gasteiger partial charge in [0.1, 0.15) is 11.6 Å². The van der Waals surface area contributed by atoms with E-state index in [1.807, 2.05) is 0 Å². The maximum atomic E-state index is 13.1. The van der Waals surface area contributed by atoms with Crippen molar-refractivity contribution in [3.63, 3.8) is 0 Å². The number of rotatable bonds is 4. The minimum Gasteiger partial charge on any atom is -0.481 e. The third-order valence-electron chi connectivity index (χ3n) is 2.04. The van der Waals surface area contributed by atoms with E-state index in [9.17, 15) is 18.4 Å². The lowest BCUT2D eigenvalue weighted by Gasteiger charge is -2.08. The Hall–Kier alpha value is -1.98. The number of benzene rings is 1. The summed E-state index contributed by atoms with van der Waals surface area (Å²) in [6.45, 7) is 0. The van der Waals surface area contributed by atoms with Gasteiger partial charge in [-0.05, 0) is 18.1 Å². The van der Waals surface area contributed by atoms with Crippen molar-refractivity contribution < 1.29 is 28.6 Å². The summed E-state index contributed by atoms with van der Waals surface area (Å²) >= 11 is 0. The van der Waals surface area contributed by atoms with Gasteiger partial charge in [0.25, 0.3) is 0 Å². The first-order chi connectivity index (χ1) is 7.41. The number of carboxylic acids is 2. The molecule has 0 unspecified atom stereocenters. The molecule has 1 aromatic carbocycles. The quantitative estimate of drug-likeness (QED) is 0.764. The van der Waals surface area contributed by atoms with Crippen LogP contribution in [0.5, 0.6) is 0 Å². The molecule has 0 aliphatic rings. The van der Waals surface area contributed by atoms with Crippen LogP contribution in [0.3, 0.4) is 0 Å². The highest BCUT2D eigenvalue weighted by Gasteiger charge is 2.27. The Labute approximate surface area is 89.1 Å². The summed E-state index contributed by atoms with van der Waals surface area (Å²) in [7, 11) is 0. The molecule has 0 fully saturated rings. The highest BCUT2D eigenvalue weighted by Crippen LogP contribution is 2.15. The van der Waals surface area contributed by atoms with Crippen LogP contribution in [0.15, 0.2) is 18.2 Å². The molecular weight excluding hydrogens is 222 g/mol. The van der Waals surface area contributed by atoms with Gasteiger partial charge in [-0.2, -0.15) is 0 Å². The minimum absolute atomic E-state index is 0.142. The van der Waals surface area contributed by atoms with Crippen LogP contribution >= 0.6 is 0 Å². The molecule has 0 heterocycles. The van der Waals surface area contributed by atoms with Gasteiger partial charge in [0, 0.05) is 6.07 Å². The van der Waals surface area contributed by atoms with Gasteiger partial charge in [0.15, 0.2) is 5.92 Å². The first kappa shape index (κ1) is 12.1. The van der Waals surface area contributed by atoms with Crippen LogP contribution in [-0.2, 0) is 16.0 Å². The van der Waals surface area contributed by atoms with Gasteiger partial charge in [-0.3, -0.25) is 9.59 Å². The first-order valence-corrected chi connectivity index (χ1v) is 4.31. The Morgan fingerprint density at radius 2 is 1.75 bits per heavy atom. The van der Waals surface area contributed by atoms with Crippen molar-refractivity contribution in [2.75, 3.05) is 0 Å². The SMILES string of the molecule is O=C(O)C(Cc1ccc(F)cc1F)C(=O)O. The van der Waals surface area contributed by atoms with Crippen molar-refractivity contribution in [1.29, 1.82) is 0 Å². The van der Waals surface area contributed by atoms with Gasteiger partial charge in [-0.15, -0.1) is 0 Å². The summed E-state index contributed by atoms with van der Waals surface area (Å²) < 4.78 is 25.6. The second-order valence-electron chi connectivity index (χ2n) is 3.17.